The van der Waals surface area contributed by atoms with Crippen LogP contribution in [0.3, 0.4) is 0 Å². The van der Waals surface area contributed by atoms with Gasteiger partial charge in [-0.1, -0.05) is 25.3 Å². The highest BCUT2D eigenvalue weighted by atomic mass is 16.3. The third-order valence-corrected chi connectivity index (χ3v) is 9.72. The number of amides is 1. The maximum absolute atomic E-state index is 13.0. The Morgan fingerprint density at radius 1 is 1.12 bits per heavy atom. The Hall–Kier alpha value is -1.63. The summed E-state index contributed by atoms with van der Waals surface area (Å²) in [5, 5.41) is 37.3. The average Bonchev–Trinajstić information content (AvgIpc) is 3.62. The zero-order valence-electron chi connectivity index (χ0n) is 19.5. The summed E-state index contributed by atoms with van der Waals surface area (Å²) >= 11 is 0. The van der Waals surface area contributed by atoms with E-state index in [0.717, 1.165) is 63.1 Å². The highest BCUT2D eigenvalue weighted by Gasteiger charge is 2.66. The normalized spacial score (nSPS) is 38.9. The van der Waals surface area contributed by atoms with E-state index in [1.807, 2.05) is 12.1 Å². The molecular formula is C27H38N2O4. The molecule has 0 unspecified atom stereocenters. The van der Waals surface area contributed by atoms with E-state index in [1.54, 1.807) is 6.07 Å². The molecule has 1 aromatic carbocycles. The van der Waals surface area contributed by atoms with E-state index >= 15 is 0 Å². The van der Waals surface area contributed by atoms with Crippen molar-refractivity contribution in [3.63, 3.8) is 0 Å². The Morgan fingerprint density at radius 3 is 2.67 bits per heavy atom. The zero-order valence-corrected chi connectivity index (χ0v) is 19.5. The summed E-state index contributed by atoms with van der Waals surface area (Å²) in [6.07, 6.45) is 9.38. The number of carbonyl (C=O) groups is 1. The van der Waals surface area contributed by atoms with Crippen molar-refractivity contribution < 1.29 is 20.1 Å². The summed E-state index contributed by atoms with van der Waals surface area (Å²) < 4.78 is 0. The number of phenols is 1. The standard InChI is InChI=1S/C27H38N2O4/c30-20-9-8-19-12-24-27(33)14-22(28-25(32)18-4-2-1-3-5-18)23(31)15-26(27,21(19)13-20)10-11-29(24)16-17-6-7-17/h8-9,13,17-18,22-24,30-31,33H,1-7,10-12,14-16H2,(H,28,32)/t22-,23+,24+,26+,27+/m0/s1. The van der Waals surface area contributed by atoms with Crippen LogP contribution in [-0.4, -0.2) is 63.0 Å². The van der Waals surface area contributed by atoms with Crippen molar-refractivity contribution in [1.29, 1.82) is 0 Å². The number of aliphatic hydroxyl groups is 2. The Balaban J connectivity index is 1.33. The number of hydrogen-bond donors (Lipinski definition) is 4. The van der Waals surface area contributed by atoms with Gasteiger partial charge in [0.25, 0.3) is 0 Å². The molecule has 0 radical (unpaired) electrons. The van der Waals surface area contributed by atoms with E-state index in [4.69, 9.17) is 0 Å². The first kappa shape index (κ1) is 21.9. The molecule has 5 aliphatic rings. The molecular weight excluding hydrogens is 416 g/mol. The molecule has 3 saturated carbocycles. The summed E-state index contributed by atoms with van der Waals surface area (Å²) in [6, 6.07) is 5.11. The molecule has 1 amide bonds. The summed E-state index contributed by atoms with van der Waals surface area (Å²) in [5.41, 5.74) is 0.559. The molecule has 5 atom stereocenters. The van der Waals surface area contributed by atoms with Crippen LogP contribution in [0.15, 0.2) is 18.2 Å². The first-order chi connectivity index (χ1) is 15.9. The summed E-state index contributed by atoms with van der Waals surface area (Å²) in [4.78, 5) is 15.5. The second kappa shape index (κ2) is 7.96. The van der Waals surface area contributed by atoms with Crippen LogP contribution in [0, 0.1) is 11.8 Å². The van der Waals surface area contributed by atoms with Crippen molar-refractivity contribution in [3.05, 3.63) is 29.3 Å². The monoisotopic (exact) mass is 454 g/mol. The molecule has 2 bridgehead atoms. The van der Waals surface area contributed by atoms with Crippen LogP contribution in [0.4, 0.5) is 0 Å². The molecule has 0 aromatic heterocycles. The second-order valence-electron chi connectivity index (χ2n) is 11.7. The Kier molecular flexibility index (Phi) is 5.28. The summed E-state index contributed by atoms with van der Waals surface area (Å²) in [6.45, 7) is 1.93. The SMILES string of the molecule is O=C(N[C@H]1C[C@@]2(O)[C@H]3Cc4ccc(O)cc4[C@@]2(CCN3CC2CC2)C[C@H]1O)C1CCCCC1. The Morgan fingerprint density at radius 2 is 1.91 bits per heavy atom. The smallest absolute Gasteiger partial charge is 0.223 e. The number of aliphatic hydroxyl groups excluding tert-OH is 1. The van der Waals surface area contributed by atoms with Crippen molar-refractivity contribution in [2.24, 2.45) is 11.8 Å². The van der Waals surface area contributed by atoms with Gasteiger partial charge >= 0.3 is 0 Å². The lowest BCUT2D eigenvalue weighted by Gasteiger charge is -2.65. The van der Waals surface area contributed by atoms with Gasteiger partial charge in [-0.15, -0.1) is 0 Å². The highest BCUT2D eigenvalue weighted by molar-refractivity contribution is 5.79. The fraction of sp³-hybridized carbons (Fsp3) is 0.741. The van der Waals surface area contributed by atoms with Crippen molar-refractivity contribution in [3.8, 4) is 5.75 Å². The van der Waals surface area contributed by atoms with Gasteiger partial charge in [0, 0.05) is 30.3 Å². The van der Waals surface area contributed by atoms with Crippen LogP contribution in [0.5, 0.6) is 5.75 Å². The van der Waals surface area contributed by atoms with Gasteiger partial charge in [-0.05, 0) is 80.7 Å². The summed E-state index contributed by atoms with van der Waals surface area (Å²) in [7, 11) is 0. The number of carbonyl (C=O) groups excluding carboxylic acids is 1. The molecule has 6 nitrogen and oxygen atoms in total. The lowest BCUT2D eigenvalue weighted by molar-refractivity contribution is -0.190. The lowest BCUT2D eigenvalue weighted by Crippen LogP contribution is -2.76. The molecule has 4 N–H and O–H groups in total. The van der Waals surface area contributed by atoms with Crippen molar-refractivity contribution in [2.45, 2.75) is 99.8 Å². The van der Waals surface area contributed by atoms with E-state index in [0.29, 0.717) is 12.8 Å². The molecule has 180 valence electrons. The van der Waals surface area contributed by atoms with Gasteiger partial charge in [0.2, 0.25) is 5.91 Å². The Labute approximate surface area is 196 Å². The van der Waals surface area contributed by atoms with Gasteiger partial charge in [-0.2, -0.15) is 0 Å². The number of rotatable bonds is 4. The average molecular weight is 455 g/mol. The quantitative estimate of drug-likeness (QED) is 0.561. The van der Waals surface area contributed by atoms with Crippen LogP contribution in [0.2, 0.25) is 0 Å². The predicted molar refractivity (Wildman–Crippen MR) is 125 cm³/mol. The molecule has 33 heavy (non-hydrogen) atoms. The maximum Gasteiger partial charge on any atom is 0.223 e. The number of likely N-dealkylation sites (tertiary alicyclic amines) is 1. The lowest BCUT2D eigenvalue weighted by atomic mass is 9.48. The molecule has 1 aromatic rings. The minimum atomic E-state index is -1.04. The maximum atomic E-state index is 13.0. The first-order valence-corrected chi connectivity index (χ1v) is 13.2. The molecule has 1 saturated heterocycles. The molecule has 6 rings (SSSR count). The van der Waals surface area contributed by atoms with Gasteiger partial charge in [-0.25, -0.2) is 0 Å². The molecule has 4 aliphatic carbocycles. The van der Waals surface area contributed by atoms with E-state index in [2.05, 4.69) is 10.2 Å². The van der Waals surface area contributed by atoms with E-state index < -0.39 is 23.2 Å². The van der Waals surface area contributed by atoms with Crippen LogP contribution >= 0.6 is 0 Å². The number of aromatic hydroxyl groups is 1. The van der Waals surface area contributed by atoms with Crippen LogP contribution in [0.25, 0.3) is 0 Å². The number of nitrogens with one attached hydrogen (secondary N) is 1. The van der Waals surface area contributed by atoms with Crippen LogP contribution < -0.4 is 5.32 Å². The van der Waals surface area contributed by atoms with Gasteiger partial charge in [0.15, 0.2) is 0 Å². The third kappa shape index (κ3) is 3.52. The van der Waals surface area contributed by atoms with Gasteiger partial charge < -0.3 is 20.6 Å². The van der Waals surface area contributed by atoms with Crippen LogP contribution in [0.1, 0.15) is 75.3 Å². The van der Waals surface area contributed by atoms with Crippen molar-refractivity contribution in [2.75, 3.05) is 13.1 Å². The van der Waals surface area contributed by atoms with E-state index in [1.165, 1.54) is 24.8 Å². The molecule has 4 fully saturated rings. The van der Waals surface area contributed by atoms with E-state index in [-0.39, 0.29) is 23.6 Å². The predicted octanol–water partition coefficient (Wildman–Crippen LogP) is 2.62. The second-order valence-corrected chi connectivity index (χ2v) is 11.7. The van der Waals surface area contributed by atoms with Crippen molar-refractivity contribution in [1.82, 2.24) is 10.2 Å². The molecule has 0 spiro atoms. The van der Waals surface area contributed by atoms with Gasteiger partial charge in [0.05, 0.1) is 17.7 Å². The number of fused-ring (bicyclic) bond motifs is 1. The molecule has 6 heteroatoms. The van der Waals surface area contributed by atoms with Crippen LogP contribution in [-0.2, 0) is 16.6 Å². The largest absolute Gasteiger partial charge is 0.508 e. The fourth-order valence-corrected chi connectivity index (χ4v) is 7.74. The number of nitrogens with zero attached hydrogens (tertiary/aromatic N) is 1. The number of benzene rings is 1. The highest BCUT2D eigenvalue weighted by Crippen LogP contribution is 2.59. The number of hydrogen-bond acceptors (Lipinski definition) is 5. The summed E-state index contributed by atoms with van der Waals surface area (Å²) in [5.74, 6) is 1.03. The topological polar surface area (TPSA) is 93.0 Å². The van der Waals surface area contributed by atoms with Gasteiger partial charge in [-0.3, -0.25) is 9.69 Å². The molecule has 1 aliphatic heterocycles. The minimum Gasteiger partial charge on any atom is -0.508 e. The van der Waals surface area contributed by atoms with Crippen molar-refractivity contribution >= 4 is 5.91 Å². The minimum absolute atomic E-state index is 0.0227. The van der Waals surface area contributed by atoms with Gasteiger partial charge in [0.1, 0.15) is 5.75 Å². The number of phenolic OH excluding ortho intramolecular Hbond substituents is 1. The third-order valence-electron chi connectivity index (χ3n) is 9.72. The number of piperidine rings is 1. The Bertz CT molecular complexity index is 927. The first-order valence-electron chi connectivity index (χ1n) is 13.2. The zero-order chi connectivity index (χ0) is 22.8. The fourth-order valence-electron chi connectivity index (χ4n) is 7.74. The van der Waals surface area contributed by atoms with E-state index in [9.17, 15) is 20.1 Å². The molecule has 1 heterocycles.